The van der Waals surface area contributed by atoms with Crippen LogP contribution in [-0.4, -0.2) is 18.9 Å². The lowest BCUT2D eigenvalue weighted by Gasteiger charge is -2.29. The standard InChI is InChI=1S/C9H10O3/c1-12-9(11)6-3-2-5-4-7(10)8(5)6/h3,5,8H,2,4H2,1H3. The van der Waals surface area contributed by atoms with Crippen molar-refractivity contribution in [3.63, 3.8) is 0 Å². The van der Waals surface area contributed by atoms with E-state index >= 15 is 0 Å². The van der Waals surface area contributed by atoms with E-state index in [2.05, 4.69) is 4.74 Å². The first-order valence-electron chi connectivity index (χ1n) is 4.05. The molecular formula is C9H10O3. The molecule has 0 saturated heterocycles. The van der Waals surface area contributed by atoms with Crippen LogP contribution in [0.1, 0.15) is 12.8 Å². The van der Waals surface area contributed by atoms with Gasteiger partial charge in [-0.25, -0.2) is 4.79 Å². The van der Waals surface area contributed by atoms with Crippen LogP contribution in [0.15, 0.2) is 11.6 Å². The van der Waals surface area contributed by atoms with E-state index in [9.17, 15) is 9.59 Å². The molecule has 2 rings (SSSR count). The number of hydrogen-bond donors (Lipinski definition) is 0. The summed E-state index contributed by atoms with van der Waals surface area (Å²) in [5.41, 5.74) is 0.582. The molecule has 0 bridgehead atoms. The lowest BCUT2D eigenvalue weighted by molar-refractivity contribution is -0.141. The van der Waals surface area contributed by atoms with Gasteiger partial charge in [0.25, 0.3) is 0 Å². The Balaban J connectivity index is 2.17. The van der Waals surface area contributed by atoms with Gasteiger partial charge in [0.05, 0.1) is 13.0 Å². The molecule has 0 aromatic carbocycles. The van der Waals surface area contributed by atoms with Crippen LogP contribution in [-0.2, 0) is 14.3 Å². The maximum Gasteiger partial charge on any atom is 0.334 e. The molecule has 2 aliphatic carbocycles. The van der Waals surface area contributed by atoms with Gasteiger partial charge >= 0.3 is 5.97 Å². The van der Waals surface area contributed by atoms with Gasteiger partial charge in [0, 0.05) is 12.0 Å². The first-order valence-corrected chi connectivity index (χ1v) is 4.05. The normalized spacial score (nSPS) is 32.1. The highest BCUT2D eigenvalue weighted by Gasteiger charge is 2.47. The van der Waals surface area contributed by atoms with Gasteiger partial charge in [-0.1, -0.05) is 6.08 Å². The van der Waals surface area contributed by atoms with Crippen molar-refractivity contribution in [2.45, 2.75) is 12.8 Å². The average Bonchev–Trinajstić information content (AvgIpc) is 2.40. The molecule has 0 N–H and O–H groups in total. The van der Waals surface area contributed by atoms with Gasteiger partial charge < -0.3 is 4.74 Å². The van der Waals surface area contributed by atoms with E-state index in [0.29, 0.717) is 17.9 Å². The molecule has 1 fully saturated rings. The van der Waals surface area contributed by atoms with Crippen LogP contribution in [0, 0.1) is 11.8 Å². The average molecular weight is 166 g/mol. The van der Waals surface area contributed by atoms with Gasteiger partial charge in [-0.2, -0.15) is 0 Å². The highest BCUT2D eigenvalue weighted by atomic mass is 16.5. The highest BCUT2D eigenvalue weighted by molar-refractivity contribution is 6.02. The number of methoxy groups -OCH3 is 1. The third kappa shape index (κ3) is 0.823. The maximum absolute atomic E-state index is 11.1. The van der Waals surface area contributed by atoms with E-state index in [1.807, 2.05) is 6.08 Å². The molecule has 0 radical (unpaired) electrons. The number of hydrogen-bond acceptors (Lipinski definition) is 3. The summed E-state index contributed by atoms with van der Waals surface area (Å²) < 4.78 is 4.58. The number of rotatable bonds is 1. The Morgan fingerprint density at radius 1 is 1.67 bits per heavy atom. The molecule has 12 heavy (non-hydrogen) atoms. The predicted molar refractivity (Wildman–Crippen MR) is 41.3 cm³/mol. The summed E-state index contributed by atoms with van der Waals surface area (Å²) in [6, 6.07) is 0. The second kappa shape index (κ2) is 2.44. The molecule has 3 heteroatoms. The van der Waals surface area contributed by atoms with Gasteiger partial charge in [-0.15, -0.1) is 0 Å². The second-order valence-corrected chi connectivity index (χ2v) is 3.29. The van der Waals surface area contributed by atoms with Crippen molar-refractivity contribution >= 4 is 11.8 Å². The van der Waals surface area contributed by atoms with E-state index in [-0.39, 0.29) is 17.7 Å². The third-order valence-corrected chi connectivity index (χ3v) is 2.68. The van der Waals surface area contributed by atoms with Gasteiger partial charge in [0.1, 0.15) is 5.78 Å². The molecule has 0 spiro atoms. The molecular weight excluding hydrogens is 156 g/mol. The first-order chi connectivity index (χ1) is 5.74. The lowest BCUT2D eigenvalue weighted by atomic mass is 9.72. The van der Waals surface area contributed by atoms with E-state index in [0.717, 1.165) is 6.42 Å². The fraction of sp³-hybridized carbons (Fsp3) is 0.556. The zero-order valence-corrected chi connectivity index (χ0v) is 6.87. The quantitative estimate of drug-likeness (QED) is 0.538. The Hall–Kier alpha value is -1.12. The number of ketones is 1. The molecule has 2 unspecified atom stereocenters. The Kier molecular flexibility index (Phi) is 1.53. The summed E-state index contributed by atoms with van der Waals surface area (Å²) in [5.74, 6) is 0.119. The molecule has 0 aliphatic heterocycles. The van der Waals surface area contributed by atoms with Crippen LogP contribution in [0.5, 0.6) is 0 Å². The summed E-state index contributed by atoms with van der Waals surface area (Å²) in [6.07, 6.45) is 3.34. The number of esters is 1. The molecule has 0 aromatic heterocycles. The topological polar surface area (TPSA) is 43.4 Å². The zero-order valence-electron chi connectivity index (χ0n) is 6.87. The van der Waals surface area contributed by atoms with Crippen molar-refractivity contribution in [3.05, 3.63) is 11.6 Å². The van der Waals surface area contributed by atoms with Crippen LogP contribution >= 0.6 is 0 Å². The van der Waals surface area contributed by atoms with E-state index in [1.165, 1.54) is 7.11 Å². The number of allylic oxidation sites excluding steroid dienone is 1. The maximum atomic E-state index is 11.1. The largest absolute Gasteiger partial charge is 0.466 e. The van der Waals surface area contributed by atoms with Gasteiger partial charge in [0.2, 0.25) is 0 Å². The predicted octanol–water partition coefficient (Wildman–Crippen LogP) is 0.695. The summed E-state index contributed by atoms with van der Waals surface area (Å²) in [5, 5.41) is 0. The molecule has 0 amide bonds. The monoisotopic (exact) mass is 166 g/mol. The van der Waals surface area contributed by atoms with Crippen LogP contribution in [0.4, 0.5) is 0 Å². The summed E-state index contributed by atoms with van der Waals surface area (Å²) in [4.78, 5) is 22.2. The fourth-order valence-electron chi connectivity index (χ4n) is 1.99. The molecule has 0 aromatic rings. The van der Waals surface area contributed by atoms with Crippen molar-refractivity contribution in [1.29, 1.82) is 0 Å². The molecule has 3 nitrogen and oxygen atoms in total. The Morgan fingerprint density at radius 2 is 2.42 bits per heavy atom. The second-order valence-electron chi connectivity index (χ2n) is 3.29. The number of fused-ring (bicyclic) bond motifs is 1. The highest BCUT2D eigenvalue weighted by Crippen LogP contribution is 2.44. The first kappa shape index (κ1) is 7.53. The minimum atomic E-state index is -0.337. The van der Waals surface area contributed by atoms with Crippen molar-refractivity contribution in [1.82, 2.24) is 0 Å². The van der Waals surface area contributed by atoms with Crippen molar-refractivity contribution in [3.8, 4) is 0 Å². The molecule has 2 aliphatic rings. The molecule has 2 atom stereocenters. The summed E-state index contributed by atoms with van der Waals surface area (Å²) >= 11 is 0. The molecule has 1 saturated carbocycles. The number of carbonyl (C=O) groups excluding carboxylic acids is 2. The van der Waals surface area contributed by atoms with Gasteiger partial charge in [-0.3, -0.25) is 4.79 Å². The Morgan fingerprint density at radius 3 is 3.00 bits per heavy atom. The zero-order chi connectivity index (χ0) is 8.72. The van der Waals surface area contributed by atoms with E-state index in [4.69, 9.17) is 0 Å². The minimum absolute atomic E-state index is 0.127. The molecule has 0 heterocycles. The van der Waals surface area contributed by atoms with Crippen molar-refractivity contribution < 1.29 is 14.3 Å². The summed E-state index contributed by atoms with van der Waals surface area (Å²) in [7, 11) is 1.35. The minimum Gasteiger partial charge on any atom is -0.466 e. The Bertz CT molecular complexity index is 277. The molecule has 64 valence electrons. The van der Waals surface area contributed by atoms with Crippen molar-refractivity contribution in [2.24, 2.45) is 11.8 Å². The number of carbonyl (C=O) groups is 2. The van der Waals surface area contributed by atoms with Gasteiger partial charge in [0.15, 0.2) is 0 Å². The van der Waals surface area contributed by atoms with Gasteiger partial charge in [-0.05, 0) is 12.3 Å². The van der Waals surface area contributed by atoms with Crippen molar-refractivity contribution in [2.75, 3.05) is 7.11 Å². The van der Waals surface area contributed by atoms with Crippen LogP contribution in [0.2, 0.25) is 0 Å². The lowest BCUT2D eigenvalue weighted by Crippen LogP contribution is -2.36. The van der Waals surface area contributed by atoms with Crippen LogP contribution in [0.25, 0.3) is 0 Å². The Labute approximate surface area is 70.4 Å². The SMILES string of the molecule is COC(=O)C1=CCC2CC(=O)C12. The van der Waals surface area contributed by atoms with E-state index in [1.54, 1.807) is 0 Å². The number of Topliss-reactive ketones (excluding diaryl/α,β-unsaturated/α-hetero) is 1. The number of ether oxygens (including phenoxy) is 1. The third-order valence-electron chi connectivity index (χ3n) is 2.68. The van der Waals surface area contributed by atoms with Crippen LogP contribution in [0.3, 0.4) is 0 Å². The summed E-state index contributed by atoms with van der Waals surface area (Å²) in [6.45, 7) is 0. The fourth-order valence-corrected chi connectivity index (χ4v) is 1.99. The smallest absolute Gasteiger partial charge is 0.334 e. The van der Waals surface area contributed by atoms with E-state index < -0.39 is 0 Å². The van der Waals surface area contributed by atoms with Crippen LogP contribution < -0.4 is 0 Å².